The summed E-state index contributed by atoms with van der Waals surface area (Å²) < 4.78 is 4.57. The van der Waals surface area contributed by atoms with Crippen LogP contribution in [-0.4, -0.2) is 24.8 Å². The minimum absolute atomic E-state index is 0.101. The molecule has 4 nitrogen and oxygen atoms in total. The average molecular weight is 214 g/mol. The van der Waals surface area contributed by atoms with E-state index >= 15 is 0 Å². The fraction of sp³-hybridized carbons (Fsp3) is 0.909. The largest absolute Gasteiger partial charge is 0.453 e. The van der Waals surface area contributed by atoms with E-state index in [0.717, 1.165) is 25.7 Å². The van der Waals surface area contributed by atoms with Gasteiger partial charge in [0.15, 0.2) is 0 Å². The highest BCUT2D eigenvalue weighted by Crippen LogP contribution is 2.31. The molecule has 1 aliphatic carbocycles. The number of nitrogens with one attached hydrogen (secondary N) is 1. The zero-order chi connectivity index (χ0) is 11.5. The van der Waals surface area contributed by atoms with Crippen molar-refractivity contribution in [3.63, 3.8) is 0 Å². The number of alkyl carbamates (subject to hydrolysis) is 1. The number of hydrogen-bond donors (Lipinski definition) is 2. The fourth-order valence-corrected chi connectivity index (χ4v) is 2.21. The number of methoxy groups -OCH3 is 1. The summed E-state index contributed by atoms with van der Waals surface area (Å²) in [5.74, 6) is 0.563. The zero-order valence-corrected chi connectivity index (χ0v) is 9.88. The molecule has 1 amide bonds. The van der Waals surface area contributed by atoms with Gasteiger partial charge in [-0.05, 0) is 45.4 Å². The van der Waals surface area contributed by atoms with Gasteiger partial charge in [0, 0.05) is 11.6 Å². The molecule has 0 unspecified atom stereocenters. The van der Waals surface area contributed by atoms with Gasteiger partial charge in [-0.3, -0.25) is 0 Å². The van der Waals surface area contributed by atoms with Crippen molar-refractivity contribution in [1.82, 2.24) is 5.32 Å². The van der Waals surface area contributed by atoms with Crippen LogP contribution in [0.5, 0.6) is 0 Å². The van der Waals surface area contributed by atoms with Crippen LogP contribution < -0.4 is 11.1 Å². The zero-order valence-electron chi connectivity index (χ0n) is 9.88. The van der Waals surface area contributed by atoms with Crippen LogP contribution in [0.3, 0.4) is 0 Å². The molecule has 0 heterocycles. The lowest BCUT2D eigenvalue weighted by molar-refractivity contribution is 0.155. The second kappa shape index (κ2) is 4.84. The molecule has 88 valence electrons. The van der Waals surface area contributed by atoms with Crippen molar-refractivity contribution in [1.29, 1.82) is 0 Å². The number of amides is 1. The van der Waals surface area contributed by atoms with E-state index in [-0.39, 0.29) is 17.7 Å². The lowest BCUT2D eigenvalue weighted by Gasteiger charge is -2.36. The Morgan fingerprint density at radius 1 is 1.33 bits per heavy atom. The number of hydrogen-bond acceptors (Lipinski definition) is 3. The second-order valence-electron chi connectivity index (χ2n) is 5.01. The molecule has 0 aliphatic heterocycles. The molecule has 15 heavy (non-hydrogen) atoms. The molecule has 0 aromatic heterocycles. The molecular formula is C11H22N2O2. The molecule has 0 atom stereocenters. The Kier molecular flexibility index (Phi) is 3.97. The van der Waals surface area contributed by atoms with Gasteiger partial charge >= 0.3 is 6.09 Å². The normalized spacial score (nSPS) is 27.2. The van der Waals surface area contributed by atoms with Crippen molar-refractivity contribution in [2.24, 2.45) is 11.7 Å². The van der Waals surface area contributed by atoms with Gasteiger partial charge in [-0.15, -0.1) is 0 Å². The smallest absolute Gasteiger partial charge is 0.407 e. The maximum Gasteiger partial charge on any atom is 0.407 e. The summed E-state index contributed by atoms with van der Waals surface area (Å²) in [6.07, 6.45) is 3.84. The molecule has 3 N–H and O–H groups in total. The molecule has 0 spiro atoms. The van der Waals surface area contributed by atoms with Gasteiger partial charge in [-0.2, -0.15) is 0 Å². The summed E-state index contributed by atoms with van der Waals surface area (Å²) in [5, 5.41) is 2.84. The Morgan fingerprint density at radius 3 is 2.27 bits per heavy atom. The summed E-state index contributed by atoms with van der Waals surface area (Å²) in [6, 6.07) is 0.260. The summed E-state index contributed by atoms with van der Waals surface area (Å²) in [6.45, 7) is 4.15. The fourth-order valence-electron chi connectivity index (χ4n) is 2.21. The molecule has 0 aromatic rings. The van der Waals surface area contributed by atoms with Gasteiger partial charge in [0.1, 0.15) is 0 Å². The first-order valence-corrected chi connectivity index (χ1v) is 5.57. The Balaban J connectivity index is 2.33. The van der Waals surface area contributed by atoms with Gasteiger partial charge < -0.3 is 15.8 Å². The first-order valence-electron chi connectivity index (χ1n) is 5.57. The quantitative estimate of drug-likeness (QED) is 0.734. The number of rotatable bonds is 2. The first-order chi connectivity index (χ1) is 6.93. The number of carbonyl (C=O) groups excluding carboxylic acids is 1. The molecule has 1 rings (SSSR count). The van der Waals surface area contributed by atoms with E-state index < -0.39 is 0 Å². The van der Waals surface area contributed by atoms with Crippen LogP contribution in [0.4, 0.5) is 4.79 Å². The van der Waals surface area contributed by atoms with E-state index in [1.165, 1.54) is 7.11 Å². The van der Waals surface area contributed by atoms with Crippen molar-refractivity contribution in [2.45, 2.75) is 51.1 Å². The maximum atomic E-state index is 11.0. The van der Waals surface area contributed by atoms with E-state index in [2.05, 4.69) is 23.9 Å². The average Bonchev–Trinajstić information content (AvgIpc) is 2.17. The highest BCUT2D eigenvalue weighted by Gasteiger charge is 2.30. The molecule has 1 fully saturated rings. The van der Waals surface area contributed by atoms with Gasteiger partial charge in [-0.1, -0.05) is 0 Å². The molecular weight excluding hydrogens is 192 g/mol. The standard InChI is InChI=1S/C11H22N2O2/c1-11(2,12)8-4-6-9(7-5-8)13-10(14)15-3/h8-9H,4-7,12H2,1-3H3,(H,13,14). The van der Waals surface area contributed by atoms with Gasteiger partial charge in [0.25, 0.3) is 0 Å². The van der Waals surface area contributed by atoms with Crippen LogP contribution in [-0.2, 0) is 4.74 Å². The SMILES string of the molecule is COC(=O)NC1CCC(C(C)(C)N)CC1. The van der Waals surface area contributed by atoms with Crippen LogP contribution in [0.25, 0.3) is 0 Å². The third-order valence-corrected chi connectivity index (χ3v) is 3.29. The van der Waals surface area contributed by atoms with E-state index in [4.69, 9.17) is 5.73 Å². The number of nitrogens with two attached hydrogens (primary N) is 1. The summed E-state index contributed by atoms with van der Waals surface area (Å²) >= 11 is 0. The predicted octanol–water partition coefficient (Wildman–Crippen LogP) is 1.64. The number of ether oxygens (including phenoxy) is 1. The molecule has 0 radical (unpaired) electrons. The van der Waals surface area contributed by atoms with Gasteiger partial charge in [-0.25, -0.2) is 4.79 Å². The monoisotopic (exact) mass is 214 g/mol. The van der Waals surface area contributed by atoms with Crippen molar-refractivity contribution >= 4 is 6.09 Å². The molecule has 0 bridgehead atoms. The minimum Gasteiger partial charge on any atom is -0.453 e. The van der Waals surface area contributed by atoms with Crippen LogP contribution >= 0.6 is 0 Å². The molecule has 0 aromatic carbocycles. The molecule has 4 heteroatoms. The minimum atomic E-state index is -0.328. The summed E-state index contributed by atoms with van der Waals surface area (Å²) in [4.78, 5) is 11.0. The molecule has 1 aliphatic rings. The van der Waals surface area contributed by atoms with Gasteiger partial charge in [0.05, 0.1) is 7.11 Å². The highest BCUT2D eigenvalue weighted by molar-refractivity contribution is 5.67. The Morgan fingerprint density at radius 2 is 1.87 bits per heavy atom. The van der Waals surface area contributed by atoms with E-state index in [1.54, 1.807) is 0 Å². The van der Waals surface area contributed by atoms with Crippen LogP contribution in [0.2, 0.25) is 0 Å². The van der Waals surface area contributed by atoms with Crippen molar-refractivity contribution in [3.8, 4) is 0 Å². The molecule has 0 saturated heterocycles. The van der Waals surface area contributed by atoms with Crippen LogP contribution in [0, 0.1) is 5.92 Å². The third kappa shape index (κ3) is 3.70. The van der Waals surface area contributed by atoms with E-state index in [0.29, 0.717) is 5.92 Å². The lowest BCUT2D eigenvalue weighted by atomic mass is 9.76. The Labute approximate surface area is 91.5 Å². The van der Waals surface area contributed by atoms with E-state index in [1.807, 2.05) is 0 Å². The van der Waals surface area contributed by atoms with E-state index in [9.17, 15) is 4.79 Å². The molecule has 1 saturated carbocycles. The Bertz CT molecular complexity index is 215. The topological polar surface area (TPSA) is 64.3 Å². The summed E-state index contributed by atoms with van der Waals surface area (Å²) in [7, 11) is 1.39. The second-order valence-corrected chi connectivity index (χ2v) is 5.01. The van der Waals surface area contributed by atoms with Crippen molar-refractivity contribution in [3.05, 3.63) is 0 Å². The van der Waals surface area contributed by atoms with Crippen LogP contribution in [0.15, 0.2) is 0 Å². The third-order valence-electron chi connectivity index (χ3n) is 3.29. The van der Waals surface area contributed by atoms with Crippen molar-refractivity contribution in [2.75, 3.05) is 7.11 Å². The lowest BCUT2D eigenvalue weighted by Crippen LogP contribution is -2.46. The van der Waals surface area contributed by atoms with Gasteiger partial charge in [0.2, 0.25) is 0 Å². The van der Waals surface area contributed by atoms with Crippen LogP contribution in [0.1, 0.15) is 39.5 Å². The maximum absolute atomic E-state index is 11.0. The summed E-state index contributed by atoms with van der Waals surface area (Å²) in [5.41, 5.74) is 5.97. The predicted molar refractivity (Wildman–Crippen MR) is 59.6 cm³/mol. The first kappa shape index (κ1) is 12.3. The Hall–Kier alpha value is -0.770. The van der Waals surface area contributed by atoms with Crippen molar-refractivity contribution < 1.29 is 9.53 Å². The highest BCUT2D eigenvalue weighted by atomic mass is 16.5. The number of carbonyl (C=O) groups is 1.